The van der Waals surface area contributed by atoms with Crippen LogP contribution in [0.4, 0.5) is 10.1 Å². The van der Waals surface area contributed by atoms with Crippen molar-refractivity contribution in [3.63, 3.8) is 0 Å². The van der Waals surface area contributed by atoms with Crippen molar-refractivity contribution in [2.24, 2.45) is 0 Å². The molecule has 0 bridgehead atoms. The number of halogens is 1. The van der Waals surface area contributed by atoms with Gasteiger partial charge < -0.3 is 24.3 Å². The molecule has 138 valence electrons. The number of rotatable bonds is 7. The van der Waals surface area contributed by atoms with Gasteiger partial charge in [0.1, 0.15) is 11.5 Å². The topological polar surface area (TPSA) is 83.1 Å². The molecule has 0 saturated carbocycles. The SMILES string of the molecule is COc1ccc(OC)c(NC(=O)COC(=O)c2ccc(OC)c(F)c2)c1. The van der Waals surface area contributed by atoms with E-state index < -0.39 is 24.3 Å². The average Bonchev–Trinajstić information content (AvgIpc) is 2.65. The van der Waals surface area contributed by atoms with Crippen molar-refractivity contribution in [2.75, 3.05) is 33.3 Å². The van der Waals surface area contributed by atoms with Crippen molar-refractivity contribution in [3.05, 3.63) is 47.8 Å². The van der Waals surface area contributed by atoms with Gasteiger partial charge in [-0.25, -0.2) is 9.18 Å². The fourth-order valence-corrected chi connectivity index (χ4v) is 2.11. The molecule has 8 heteroatoms. The fraction of sp³-hybridized carbons (Fsp3) is 0.222. The Labute approximate surface area is 149 Å². The number of methoxy groups -OCH3 is 3. The lowest BCUT2D eigenvalue weighted by Gasteiger charge is -2.12. The van der Waals surface area contributed by atoms with E-state index in [1.165, 1.54) is 33.5 Å². The van der Waals surface area contributed by atoms with E-state index in [1.807, 2.05) is 0 Å². The van der Waals surface area contributed by atoms with Crippen LogP contribution in [-0.2, 0) is 9.53 Å². The van der Waals surface area contributed by atoms with Crippen LogP contribution in [0.2, 0.25) is 0 Å². The molecule has 0 aromatic heterocycles. The van der Waals surface area contributed by atoms with Gasteiger partial charge >= 0.3 is 5.97 Å². The number of hydrogen-bond donors (Lipinski definition) is 1. The Morgan fingerprint density at radius 3 is 2.27 bits per heavy atom. The Hall–Kier alpha value is -3.29. The molecule has 26 heavy (non-hydrogen) atoms. The first-order chi connectivity index (χ1) is 12.5. The van der Waals surface area contributed by atoms with E-state index in [0.29, 0.717) is 17.2 Å². The van der Waals surface area contributed by atoms with Crippen molar-refractivity contribution >= 4 is 17.6 Å². The van der Waals surface area contributed by atoms with E-state index in [2.05, 4.69) is 5.32 Å². The highest BCUT2D eigenvalue weighted by Gasteiger charge is 2.14. The quantitative estimate of drug-likeness (QED) is 0.762. The Balaban J connectivity index is 1.98. The van der Waals surface area contributed by atoms with Gasteiger partial charge in [-0.3, -0.25) is 4.79 Å². The van der Waals surface area contributed by atoms with Crippen LogP contribution in [0, 0.1) is 5.82 Å². The van der Waals surface area contributed by atoms with E-state index in [0.717, 1.165) is 6.07 Å². The smallest absolute Gasteiger partial charge is 0.338 e. The zero-order valence-corrected chi connectivity index (χ0v) is 14.5. The standard InChI is InChI=1S/C18H18FNO6/c1-23-12-5-7-16(25-3)14(9-12)20-17(21)10-26-18(22)11-4-6-15(24-2)13(19)8-11/h4-9H,10H2,1-3H3,(H,20,21). The molecule has 0 fully saturated rings. The van der Waals surface area contributed by atoms with Crippen LogP contribution in [0.5, 0.6) is 17.2 Å². The molecule has 1 N–H and O–H groups in total. The minimum absolute atomic E-state index is 0.00409. The molecule has 0 heterocycles. The summed E-state index contributed by atoms with van der Waals surface area (Å²) < 4.78 is 33.5. The Morgan fingerprint density at radius 2 is 1.65 bits per heavy atom. The van der Waals surface area contributed by atoms with Gasteiger partial charge in [-0.15, -0.1) is 0 Å². The van der Waals surface area contributed by atoms with Crippen LogP contribution in [0.1, 0.15) is 10.4 Å². The van der Waals surface area contributed by atoms with E-state index in [-0.39, 0.29) is 11.3 Å². The molecule has 0 aliphatic carbocycles. The monoisotopic (exact) mass is 363 g/mol. The summed E-state index contributed by atoms with van der Waals surface area (Å²) >= 11 is 0. The highest BCUT2D eigenvalue weighted by atomic mass is 19.1. The number of amides is 1. The molecule has 1 amide bonds. The van der Waals surface area contributed by atoms with Gasteiger partial charge in [0.15, 0.2) is 18.2 Å². The van der Waals surface area contributed by atoms with Crippen molar-refractivity contribution in [2.45, 2.75) is 0 Å². The first-order valence-electron chi connectivity index (χ1n) is 7.51. The van der Waals surface area contributed by atoms with Gasteiger partial charge in [0.2, 0.25) is 0 Å². The molecule has 2 aromatic carbocycles. The minimum atomic E-state index is -0.834. The van der Waals surface area contributed by atoms with Gasteiger partial charge in [0, 0.05) is 6.07 Å². The molecule has 0 radical (unpaired) electrons. The third kappa shape index (κ3) is 4.62. The molecule has 2 aromatic rings. The number of carbonyl (C=O) groups is 2. The zero-order valence-electron chi connectivity index (χ0n) is 14.5. The van der Waals surface area contributed by atoms with E-state index >= 15 is 0 Å². The molecule has 0 unspecified atom stereocenters. The van der Waals surface area contributed by atoms with Crippen LogP contribution >= 0.6 is 0 Å². The number of hydrogen-bond acceptors (Lipinski definition) is 6. The van der Waals surface area contributed by atoms with Crippen molar-refractivity contribution in [1.82, 2.24) is 0 Å². The molecule has 0 saturated heterocycles. The predicted molar refractivity (Wildman–Crippen MR) is 91.4 cm³/mol. The molecular weight excluding hydrogens is 345 g/mol. The van der Waals surface area contributed by atoms with Crippen LogP contribution in [0.25, 0.3) is 0 Å². The van der Waals surface area contributed by atoms with Crippen molar-refractivity contribution < 1.29 is 32.9 Å². The van der Waals surface area contributed by atoms with Crippen LogP contribution in [0.15, 0.2) is 36.4 Å². The van der Waals surface area contributed by atoms with Crippen molar-refractivity contribution in [3.8, 4) is 17.2 Å². The zero-order chi connectivity index (χ0) is 19.1. The lowest BCUT2D eigenvalue weighted by molar-refractivity contribution is -0.119. The molecule has 2 rings (SSSR count). The second-order valence-corrected chi connectivity index (χ2v) is 5.04. The summed E-state index contributed by atoms with van der Waals surface area (Å²) in [7, 11) is 4.26. The molecule has 0 aliphatic heterocycles. The molecule has 7 nitrogen and oxygen atoms in total. The average molecular weight is 363 g/mol. The van der Waals surface area contributed by atoms with Gasteiger partial charge in [0.05, 0.1) is 32.6 Å². The highest BCUT2D eigenvalue weighted by Crippen LogP contribution is 2.28. The van der Waals surface area contributed by atoms with Crippen molar-refractivity contribution in [1.29, 1.82) is 0 Å². The lowest BCUT2D eigenvalue weighted by atomic mass is 10.2. The summed E-state index contributed by atoms with van der Waals surface area (Å²) in [6.07, 6.45) is 0. The van der Waals surface area contributed by atoms with Gasteiger partial charge in [0.25, 0.3) is 5.91 Å². The maximum absolute atomic E-state index is 13.6. The fourth-order valence-electron chi connectivity index (χ4n) is 2.11. The Kier molecular flexibility index (Phi) is 6.37. The number of esters is 1. The van der Waals surface area contributed by atoms with Crippen LogP contribution in [-0.4, -0.2) is 39.8 Å². The third-order valence-electron chi connectivity index (χ3n) is 3.40. The molecule has 0 atom stereocenters. The van der Waals surface area contributed by atoms with Crippen LogP contribution < -0.4 is 19.5 Å². The molecular formula is C18H18FNO6. The summed E-state index contributed by atoms with van der Waals surface area (Å²) in [6, 6.07) is 8.48. The van der Waals surface area contributed by atoms with Gasteiger partial charge in [-0.05, 0) is 30.3 Å². The Morgan fingerprint density at radius 1 is 0.962 bits per heavy atom. The first-order valence-corrected chi connectivity index (χ1v) is 7.51. The lowest BCUT2D eigenvalue weighted by Crippen LogP contribution is -2.21. The summed E-state index contributed by atoms with van der Waals surface area (Å²) in [6.45, 7) is -0.549. The number of ether oxygens (including phenoxy) is 4. The first kappa shape index (κ1) is 19.0. The second-order valence-electron chi connectivity index (χ2n) is 5.04. The normalized spacial score (nSPS) is 10.0. The second kappa shape index (κ2) is 8.70. The number of anilines is 1. The maximum Gasteiger partial charge on any atom is 0.338 e. The number of benzene rings is 2. The summed E-state index contributed by atoms with van der Waals surface area (Å²) in [5.41, 5.74) is 0.332. The van der Waals surface area contributed by atoms with Crippen LogP contribution in [0.3, 0.4) is 0 Å². The van der Waals surface area contributed by atoms with E-state index in [4.69, 9.17) is 18.9 Å². The summed E-state index contributed by atoms with van der Waals surface area (Å²) in [5.74, 6) is -1.18. The number of carbonyl (C=O) groups excluding carboxylic acids is 2. The summed E-state index contributed by atoms with van der Waals surface area (Å²) in [4.78, 5) is 23.9. The molecule has 0 spiro atoms. The largest absolute Gasteiger partial charge is 0.497 e. The van der Waals surface area contributed by atoms with E-state index in [1.54, 1.807) is 18.2 Å². The number of nitrogens with one attached hydrogen (secondary N) is 1. The Bertz CT molecular complexity index is 808. The molecule has 0 aliphatic rings. The summed E-state index contributed by atoms with van der Waals surface area (Å²) in [5, 5.41) is 2.56. The highest BCUT2D eigenvalue weighted by molar-refractivity contribution is 5.96. The maximum atomic E-state index is 13.6. The van der Waals surface area contributed by atoms with Gasteiger partial charge in [-0.2, -0.15) is 0 Å². The minimum Gasteiger partial charge on any atom is -0.497 e. The van der Waals surface area contributed by atoms with E-state index in [9.17, 15) is 14.0 Å². The van der Waals surface area contributed by atoms with Gasteiger partial charge in [-0.1, -0.05) is 0 Å². The third-order valence-corrected chi connectivity index (χ3v) is 3.40. The predicted octanol–water partition coefficient (Wildman–Crippen LogP) is 2.65.